The van der Waals surface area contributed by atoms with Gasteiger partial charge in [-0.3, -0.25) is 4.68 Å². The monoisotopic (exact) mass is 434 g/mol. The molecule has 1 unspecified atom stereocenters. The van der Waals surface area contributed by atoms with Gasteiger partial charge >= 0.3 is 0 Å². The number of aliphatic hydroxyl groups is 1. The van der Waals surface area contributed by atoms with Crippen LogP contribution >= 0.6 is 43.5 Å². The molecule has 0 saturated carbocycles. The normalized spacial score (nSPS) is 12.7. The molecule has 0 radical (unpaired) electrons. The van der Waals surface area contributed by atoms with E-state index in [0.717, 1.165) is 38.9 Å². The van der Waals surface area contributed by atoms with E-state index in [-0.39, 0.29) is 0 Å². The summed E-state index contributed by atoms with van der Waals surface area (Å²) in [5, 5.41) is 15.6. The summed E-state index contributed by atoms with van der Waals surface area (Å²) in [7, 11) is 0. The van der Waals surface area contributed by atoms with E-state index in [1.54, 1.807) is 6.07 Å². The first-order chi connectivity index (χ1) is 9.97. The van der Waals surface area contributed by atoms with Crippen molar-refractivity contribution in [3.05, 3.63) is 49.1 Å². The van der Waals surface area contributed by atoms with Crippen LogP contribution in [0.1, 0.15) is 36.9 Å². The van der Waals surface area contributed by atoms with E-state index < -0.39 is 6.10 Å². The van der Waals surface area contributed by atoms with Crippen molar-refractivity contribution >= 4 is 43.5 Å². The van der Waals surface area contributed by atoms with E-state index in [0.29, 0.717) is 11.4 Å². The molecule has 0 fully saturated rings. The molecule has 1 aromatic carbocycles. The maximum Gasteiger partial charge on any atom is 0.0860 e. The van der Waals surface area contributed by atoms with Crippen molar-refractivity contribution in [3.8, 4) is 0 Å². The van der Waals surface area contributed by atoms with Gasteiger partial charge in [-0.05, 0) is 47.0 Å². The Morgan fingerprint density at radius 1 is 1.33 bits per heavy atom. The predicted molar refractivity (Wildman–Crippen MR) is 92.8 cm³/mol. The minimum absolute atomic E-state index is 0.475. The summed E-state index contributed by atoms with van der Waals surface area (Å²) in [4.78, 5) is 0. The predicted octanol–water partition coefficient (Wildman–Crippen LogP) is 4.92. The highest BCUT2D eigenvalue weighted by atomic mass is 79.9. The Labute approximate surface area is 146 Å². The van der Waals surface area contributed by atoms with Crippen LogP contribution in [0.3, 0.4) is 0 Å². The summed E-state index contributed by atoms with van der Waals surface area (Å²) >= 11 is 13.2. The molecule has 21 heavy (non-hydrogen) atoms. The number of aromatic nitrogens is 2. The van der Waals surface area contributed by atoms with Gasteiger partial charge in [0.2, 0.25) is 0 Å². The van der Waals surface area contributed by atoms with Crippen LogP contribution in [-0.4, -0.2) is 14.9 Å². The molecule has 1 atom stereocenters. The number of aryl methyl sites for hydroxylation is 2. The Morgan fingerprint density at radius 3 is 2.62 bits per heavy atom. The van der Waals surface area contributed by atoms with Gasteiger partial charge in [-0.1, -0.05) is 40.5 Å². The molecule has 1 heterocycles. The van der Waals surface area contributed by atoms with Gasteiger partial charge in [0, 0.05) is 22.5 Å². The van der Waals surface area contributed by atoms with Gasteiger partial charge < -0.3 is 5.11 Å². The second kappa shape index (κ2) is 7.27. The molecule has 3 nitrogen and oxygen atoms in total. The molecule has 2 aromatic rings. The van der Waals surface area contributed by atoms with Gasteiger partial charge in [0.25, 0.3) is 0 Å². The third-order valence-corrected chi connectivity index (χ3v) is 5.14. The Bertz CT molecular complexity index is 643. The highest BCUT2D eigenvalue weighted by molar-refractivity contribution is 9.10. The largest absolute Gasteiger partial charge is 0.388 e. The fourth-order valence-corrected chi connectivity index (χ4v) is 3.80. The first kappa shape index (κ1) is 17.0. The second-order valence-corrected chi connectivity index (χ2v) is 6.88. The molecular formula is C15H17Br2ClN2O. The Morgan fingerprint density at radius 2 is 2.05 bits per heavy atom. The van der Waals surface area contributed by atoms with Crippen molar-refractivity contribution < 1.29 is 5.11 Å². The lowest BCUT2D eigenvalue weighted by atomic mass is 10.0. The average Bonchev–Trinajstić information content (AvgIpc) is 2.75. The number of benzene rings is 1. The zero-order valence-electron chi connectivity index (χ0n) is 11.9. The topological polar surface area (TPSA) is 38.0 Å². The number of halogens is 3. The standard InChI is InChI=1S/C15H17Br2ClN2O/c1-3-12-15(17)13(20(4-2)19-12)8-14(21)10-6-5-9(16)7-11(10)18/h5-7,14,21H,3-4,8H2,1-2H3. The van der Waals surface area contributed by atoms with Gasteiger partial charge in [0.05, 0.1) is 22.0 Å². The van der Waals surface area contributed by atoms with Crippen molar-refractivity contribution in [2.75, 3.05) is 0 Å². The minimum atomic E-state index is -0.659. The fourth-order valence-electron chi connectivity index (χ4n) is 2.28. The molecule has 6 heteroatoms. The van der Waals surface area contributed by atoms with Crippen molar-refractivity contribution in [2.24, 2.45) is 0 Å². The molecule has 0 bridgehead atoms. The van der Waals surface area contributed by atoms with Crippen molar-refractivity contribution in [3.63, 3.8) is 0 Å². The van der Waals surface area contributed by atoms with E-state index in [1.165, 1.54) is 0 Å². The minimum Gasteiger partial charge on any atom is -0.388 e. The molecule has 1 aromatic heterocycles. The van der Waals surface area contributed by atoms with E-state index in [4.69, 9.17) is 11.6 Å². The zero-order valence-corrected chi connectivity index (χ0v) is 15.8. The zero-order chi connectivity index (χ0) is 15.6. The van der Waals surface area contributed by atoms with Crippen molar-refractivity contribution in [1.82, 2.24) is 9.78 Å². The molecule has 0 aliphatic carbocycles. The van der Waals surface area contributed by atoms with Crippen LogP contribution in [0.15, 0.2) is 27.1 Å². The maximum atomic E-state index is 10.5. The summed E-state index contributed by atoms with van der Waals surface area (Å²) in [6.07, 6.45) is 0.673. The van der Waals surface area contributed by atoms with E-state index in [1.807, 2.05) is 23.7 Å². The number of aliphatic hydroxyl groups excluding tert-OH is 1. The maximum absolute atomic E-state index is 10.5. The van der Waals surface area contributed by atoms with Crippen LogP contribution in [0.2, 0.25) is 5.02 Å². The smallest absolute Gasteiger partial charge is 0.0860 e. The molecule has 0 spiro atoms. The van der Waals surface area contributed by atoms with E-state index in [2.05, 4.69) is 43.9 Å². The average molecular weight is 437 g/mol. The second-order valence-electron chi connectivity index (χ2n) is 4.76. The summed E-state index contributed by atoms with van der Waals surface area (Å²) in [6, 6.07) is 5.52. The number of hydrogen-bond acceptors (Lipinski definition) is 2. The lowest BCUT2D eigenvalue weighted by molar-refractivity contribution is 0.175. The quantitative estimate of drug-likeness (QED) is 0.723. The molecule has 0 aliphatic rings. The van der Waals surface area contributed by atoms with E-state index in [9.17, 15) is 5.11 Å². The Kier molecular flexibility index (Phi) is 5.88. The molecule has 0 amide bonds. The highest BCUT2D eigenvalue weighted by Gasteiger charge is 2.19. The van der Waals surface area contributed by atoms with Crippen LogP contribution in [0.4, 0.5) is 0 Å². The fraction of sp³-hybridized carbons (Fsp3) is 0.400. The van der Waals surface area contributed by atoms with Crippen LogP contribution in [0.25, 0.3) is 0 Å². The van der Waals surface area contributed by atoms with Crippen molar-refractivity contribution in [1.29, 1.82) is 0 Å². The highest BCUT2D eigenvalue weighted by Crippen LogP contribution is 2.31. The van der Waals surface area contributed by atoms with Crippen LogP contribution in [-0.2, 0) is 19.4 Å². The van der Waals surface area contributed by atoms with Gasteiger partial charge in [0.15, 0.2) is 0 Å². The van der Waals surface area contributed by atoms with Crippen molar-refractivity contribution in [2.45, 2.75) is 39.3 Å². The lowest BCUT2D eigenvalue weighted by Gasteiger charge is -2.14. The van der Waals surface area contributed by atoms with Gasteiger partial charge in [-0.2, -0.15) is 5.10 Å². The third-order valence-electron chi connectivity index (χ3n) is 3.40. The molecule has 2 rings (SSSR count). The first-order valence-corrected chi connectivity index (χ1v) is 8.81. The summed E-state index contributed by atoms with van der Waals surface area (Å²) in [5.41, 5.74) is 2.75. The van der Waals surface area contributed by atoms with Crippen LogP contribution in [0, 0.1) is 0 Å². The molecule has 1 N–H and O–H groups in total. The van der Waals surface area contributed by atoms with Gasteiger partial charge in [-0.25, -0.2) is 0 Å². The third kappa shape index (κ3) is 3.70. The number of hydrogen-bond donors (Lipinski definition) is 1. The first-order valence-electron chi connectivity index (χ1n) is 6.84. The Hall–Kier alpha value is -0.360. The molecule has 0 saturated heterocycles. The number of rotatable bonds is 5. The van der Waals surface area contributed by atoms with Crippen LogP contribution in [0.5, 0.6) is 0 Å². The lowest BCUT2D eigenvalue weighted by Crippen LogP contribution is -2.09. The SMILES string of the molecule is CCc1nn(CC)c(CC(O)c2ccc(Br)cc2Cl)c1Br. The molecule has 114 valence electrons. The molecule has 0 aliphatic heterocycles. The van der Waals surface area contributed by atoms with Crippen LogP contribution < -0.4 is 0 Å². The summed E-state index contributed by atoms with van der Waals surface area (Å²) < 4.78 is 3.81. The van der Waals surface area contributed by atoms with Gasteiger partial charge in [0.1, 0.15) is 0 Å². The summed E-state index contributed by atoms with van der Waals surface area (Å²) in [6.45, 7) is 4.88. The summed E-state index contributed by atoms with van der Waals surface area (Å²) in [5.74, 6) is 0. The van der Waals surface area contributed by atoms with Gasteiger partial charge in [-0.15, -0.1) is 0 Å². The number of nitrogens with zero attached hydrogens (tertiary/aromatic N) is 2. The van der Waals surface area contributed by atoms with E-state index >= 15 is 0 Å². The molecular weight excluding hydrogens is 419 g/mol. The Balaban J connectivity index is 2.31.